The molecule has 0 fully saturated rings. The van der Waals surface area contributed by atoms with E-state index in [1.807, 2.05) is 0 Å². The predicted molar refractivity (Wildman–Crippen MR) is 37.0 cm³/mol. The second-order valence-corrected chi connectivity index (χ2v) is 3.63. The van der Waals surface area contributed by atoms with Gasteiger partial charge in [-0.2, -0.15) is 8.42 Å². The molecule has 0 aromatic carbocycles. The molecule has 0 aromatic heterocycles. The van der Waals surface area contributed by atoms with Crippen molar-refractivity contribution in [1.29, 1.82) is 0 Å². The first-order valence-electron chi connectivity index (χ1n) is 2.95. The lowest BCUT2D eigenvalue weighted by Crippen LogP contribution is -2.18. The minimum Gasteiger partial charge on any atom is -0.355 e. The third-order valence-electron chi connectivity index (χ3n) is 0.968. The minimum atomic E-state index is -3.36. The maximum absolute atomic E-state index is 10.7. The predicted octanol–water partition coefficient (Wildman–Crippen LogP) is 0.345. The average Bonchev–Trinajstić information content (AvgIpc) is 1.87. The van der Waals surface area contributed by atoms with Crippen LogP contribution < -0.4 is 0 Å². The third kappa shape index (κ3) is 3.81. The van der Waals surface area contributed by atoms with Gasteiger partial charge in [-0.3, -0.25) is 0 Å². The highest BCUT2D eigenvalue weighted by Gasteiger charge is 2.11. The molecule has 0 rings (SSSR count). The van der Waals surface area contributed by atoms with Gasteiger partial charge in [-0.1, -0.05) is 0 Å². The highest BCUT2D eigenvalue weighted by atomic mass is 32.2. The van der Waals surface area contributed by atoms with E-state index in [1.54, 1.807) is 0 Å². The number of methoxy groups -OCH3 is 1. The van der Waals surface area contributed by atoms with Crippen molar-refractivity contribution in [1.82, 2.24) is 0 Å². The molecule has 0 aromatic rings. The van der Waals surface area contributed by atoms with Gasteiger partial charge in [-0.05, 0) is 13.8 Å². The highest BCUT2D eigenvalue weighted by molar-refractivity contribution is 7.86. The average molecular weight is 168 g/mol. The van der Waals surface area contributed by atoms with Crippen molar-refractivity contribution >= 4 is 10.1 Å². The van der Waals surface area contributed by atoms with E-state index in [0.29, 0.717) is 0 Å². The Labute approximate surface area is 61.3 Å². The molecule has 0 bridgehead atoms. The Morgan fingerprint density at radius 1 is 1.50 bits per heavy atom. The van der Waals surface area contributed by atoms with Crippen LogP contribution in [0.4, 0.5) is 0 Å². The van der Waals surface area contributed by atoms with Gasteiger partial charge in [0.15, 0.2) is 6.29 Å². The fraction of sp³-hybridized carbons (Fsp3) is 1.00. The van der Waals surface area contributed by atoms with Crippen LogP contribution in [0.25, 0.3) is 0 Å². The van der Waals surface area contributed by atoms with E-state index in [4.69, 9.17) is 0 Å². The minimum absolute atomic E-state index is 0.0271. The van der Waals surface area contributed by atoms with Crippen molar-refractivity contribution < 1.29 is 17.3 Å². The molecule has 1 atom stereocenters. The molecule has 0 aliphatic rings. The Balaban J connectivity index is 3.90. The largest absolute Gasteiger partial charge is 0.355 e. The Bertz CT molecular complexity index is 172. The molecular formula is C5H12O4S. The summed E-state index contributed by atoms with van der Waals surface area (Å²) in [5, 5.41) is 0. The summed E-state index contributed by atoms with van der Waals surface area (Å²) in [5.74, 6) is -0.0271. The third-order valence-corrected chi connectivity index (χ3v) is 2.24. The molecule has 0 heterocycles. The lowest BCUT2D eigenvalue weighted by molar-refractivity contribution is -0.0334. The fourth-order valence-electron chi connectivity index (χ4n) is 0.314. The number of hydrogen-bond acceptors (Lipinski definition) is 4. The van der Waals surface area contributed by atoms with Crippen LogP contribution in [0.15, 0.2) is 0 Å². The van der Waals surface area contributed by atoms with E-state index >= 15 is 0 Å². The smallest absolute Gasteiger partial charge is 0.269 e. The van der Waals surface area contributed by atoms with Crippen LogP contribution in [0.2, 0.25) is 0 Å². The van der Waals surface area contributed by atoms with E-state index in [2.05, 4.69) is 8.92 Å². The van der Waals surface area contributed by atoms with Crippen molar-refractivity contribution in [3.63, 3.8) is 0 Å². The Kier molecular flexibility index (Phi) is 3.85. The molecule has 10 heavy (non-hydrogen) atoms. The van der Waals surface area contributed by atoms with Gasteiger partial charge in [-0.25, -0.2) is 4.18 Å². The first-order valence-corrected chi connectivity index (χ1v) is 4.53. The molecule has 0 aliphatic carbocycles. The zero-order valence-electron chi connectivity index (χ0n) is 6.33. The van der Waals surface area contributed by atoms with Crippen LogP contribution in [0.5, 0.6) is 0 Å². The van der Waals surface area contributed by atoms with Gasteiger partial charge < -0.3 is 4.74 Å². The van der Waals surface area contributed by atoms with Crippen LogP contribution in [-0.2, 0) is 19.0 Å². The molecule has 62 valence electrons. The van der Waals surface area contributed by atoms with E-state index in [9.17, 15) is 8.42 Å². The first kappa shape index (κ1) is 9.87. The fourth-order valence-corrected chi connectivity index (χ4v) is 0.941. The summed E-state index contributed by atoms with van der Waals surface area (Å²) in [6, 6.07) is 0. The van der Waals surface area contributed by atoms with Crippen molar-refractivity contribution in [2.24, 2.45) is 0 Å². The van der Waals surface area contributed by atoms with Crippen LogP contribution in [0, 0.1) is 0 Å². The summed E-state index contributed by atoms with van der Waals surface area (Å²) in [4.78, 5) is 0. The molecule has 5 heteroatoms. The Morgan fingerprint density at radius 2 is 2.00 bits per heavy atom. The van der Waals surface area contributed by atoms with Crippen LogP contribution in [0.3, 0.4) is 0 Å². The zero-order chi connectivity index (χ0) is 8.20. The van der Waals surface area contributed by atoms with Gasteiger partial charge >= 0.3 is 0 Å². The molecule has 0 aliphatic heterocycles. The lowest BCUT2D eigenvalue weighted by Gasteiger charge is -2.08. The van der Waals surface area contributed by atoms with Crippen LogP contribution in [0.1, 0.15) is 13.8 Å². The van der Waals surface area contributed by atoms with Crippen LogP contribution in [-0.4, -0.2) is 27.6 Å². The molecule has 0 amide bonds. The molecule has 0 N–H and O–H groups in total. The van der Waals surface area contributed by atoms with E-state index in [-0.39, 0.29) is 5.75 Å². The monoisotopic (exact) mass is 168 g/mol. The lowest BCUT2D eigenvalue weighted by atomic mass is 10.8. The normalized spacial score (nSPS) is 15.1. The van der Waals surface area contributed by atoms with Crippen molar-refractivity contribution in [3.8, 4) is 0 Å². The summed E-state index contributed by atoms with van der Waals surface area (Å²) in [6.45, 7) is 3.03. The quantitative estimate of drug-likeness (QED) is 0.449. The molecule has 0 radical (unpaired) electrons. The summed E-state index contributed by atoms with van der Waals surface area (Å²) < 4.78 is 30.4. The molecule has 4 nitrogen and oxygen atoms in total. The van der Waals surface area contributed by atoms with Crippen molar-refractivity contribution in [2.75, 3.05) is 12.9 Å². The second kappa shape index (κ2) is 3.90. The number of ether oxygens (including phenoxy) is 1. The number of rotatable bonds is 4. The molecule has 0 saturated carbocycles. The van der Waals surface area contributed by atoms with Crippen molar-refractivity contribution in [3.05, 3.63) is 0 Å². The standard InChI is InChI=1S/C5H12O4S/c1-4-10(6,7)9-5(2)8-3/h5H,4H2,1-3H3. The van der Waals surface area contributed by atoms with Gasteiger partial charge in [0.25, 0.3) is 10.1 Å². The maximum atomic E-state index is 10.7. The number of hydrogen-bond donors (Lipinski definition) is 0. The Morgan fingerprint density at radius 3 is 2.30 bits per heavy atom. The van der Waals surface area contributed by atoms with E-state index in [1.165, 1.54) is 21.0 Å². The van der Waals surface area contributed by atoms with Gasteiger partial charge in [0.2, 0.25) is 0 Å². The van der Waals surface area contributed by atoms with Gasteiger partial charge in [0.1, 0.15) is 0 Å². The molecular weight excluding hydrogens is 156 g/mol. The highest BCUT2D eigenvalue weighted by Crippen LogP contribution is 1.99. The molecule has 0 saturated heterocycles. The van der Waals surface area contributed by atoms with Gasteiger partial charge in [-0.15, -0.1) is 0 Å². The summed E-state index contributed by atoms with van der Waals surface area (Å²) in [6.07, 6.45) is -0.690. The summed E-state index contributed by atoms with van der Waals surface area (Å²) >= 11 is 0. The maximum Gasteiger partial charge on any atom is 0.269 e. The summed E-state index contributed by atoms with van der Waals surface area (Å²) in [5.41, 5.74) is 0. The van der Waals surface area contributed by atoms with Gasteiger partial charge in [0, 0.05) is 7.11 Å². The SMILES string of the molecule is CCS(=O)(=O)OC(C)OC. The first-order chi connectivity index (χ1) is 4.52. The molecule has 0 spiro atoms. The van der Waals surface area contributed by atoms with E-state index in [0.717, 1.165) is 0 Å². The van der Waals surface area contributed by atoms with Crippen LogP contribution >= 0.6 is 0 Å². The topological polar surface area (TPSA) is 52.6 Å². The van der Waals surface area contributed by atoms with Crippen molar-refractivity contribution in [2.45, 2.75) is 20.1 Å². The van der Waals surface area contributed by atoms with Gasteiger partial charge in [0.05, 0.1) is 5.75 Å². The summed E-state index contributed by atoms with van der Waals surface area (Å²) in [7, 11) is -1.97. The Hall–Kier alpha value is -0.130. The van der Waals surface area contributed by atoms with E-state index < -0.39 is 16.4 Å². The second-order valence-electron chi connectivity index (χ2n) is 1.75. The molecule has 1 unspecified atom stereocenters. The zero-order valence-corrected chi connectivity index (χ0v) is 7.14.